The van der Waals surface area contributed by atoms with E-state index in [2.05, 4.69) is 22.5 Å². The van der Waals surface area contributed by atoms with E-state index in [0.29, 0.717) is 10.8 Å². The van der Waals surface area contributed by atoms with Crippen molar-refractivity contribution >= 4 is 23.3 Å². The molecule has 16 heavy (non-hydrogen) atoms. The van der Waals surface area contributed by atoms with Gasteiger partial charge in [0.1, 0.15) is 10.7 Å². The Kier molecular flexibility index (Phi) is 3.10. The summed E-state index contributed by atoms with van der Waals surface area (Å²) in [6.07, 6.45) is 7.22. The largest absolute Gasteiger partial charge is 0.478 e. The van der Waals surface area contributed by atoms with Crippen LogP contribution in [0, 0.1) is 0 Å². The van der Waals surface area contributed by atoms with Gasteiger partial charge >= 0.3 is 5.97 Å². The number of carboxylic acid groups (broad SMARTS) is 1. The lowest BCUT2D eigenvalue weighted by Crippen LogP contribution is -2.17. The Balaban J connectivity index is 2.23. The summed E-state index contributed by atoms with van der Waals surface area (Å²) in [6.45, 7) is 0. The Labute approximate surface area is 98.0 Å². The first-order valence-electron chi connectivity index (χ1n) is 4.97. The molecule has 0 fully saturated rings. The maximum atomic E-state index is 11.0. The van der Waals surface area contributed by atoms with Gasteiger partial charge in [-0.1, -0.05) is 23.8 Å². The Bertz CT molecular complexity index is 438. The van der Waals surface area contributed by atoms with Gasteiger partial charge in [-0.05, 0) is 18.9 Å². The van der Waals surface area contributed by atoms with Gasteiger partial charge < -0.3 is 10.4 Å². The Morgan fingerprint density at radius 2 is 2.19 bits per heavy atom. The molecule has 0 aromatic carbocycles. The maximum absolute atomic E-state index is 11.0. The molecule has 1 aromatic rings. The second kappa shape index (κ2) is 4.53. The molecule has 84 valence electrons. The summed E-state index contributed by atoms with van der Waals surface area (Å²) in [5.41, 5.74) is 0.678. The summed E-state index contributed by atoms with van der Waals surface area (Å²) in [5.74, 6) is -1.00. The summed E-state index contributed by atoms with van der Waals surface area (Å²) >= 11 is 5.75. The fraction of sp³-hybridized carbons (Fsp3) is 0.273. The van der Waals surface area contributed by atoms with Crippen molar-refractivity contribution in [3.8, 4) is 0 Å². The molecule has 1 heterocycles. The van der Waals surface area contributed by atoms with Crippen LogP contribution in [-0.4, -0.2) is 22.1 Å². The van der Waals surface area contributed by atoms with Crippen molar-refractivity contribution in [2.75, 3.05) is 5.32 Å². The number of nitrogens with zero attached hydrogens (tertiary/aromatic N) is 1. The van der Waals surface area contributed by atoms with Crippen LogP contribution in [0.5, 0.6) is 0 Å². The van der Waals surface area contributed by atoms with Crippen LogP contribution in [0.3, 0.4) is 0 Å². The molecule has 0 bridgehead atoms. The lowest BCUT2D eigenvalue weighted by molar-refractivity contribution is 0.0697. The highest BCUT2D eigenvalue weighted by atomic mass is 35.5. The minimum absolute atomic E-state index is 0.149. The summed E-state index contributed by atoms with van der Waals surface area (Å²) in [7, 11) is 0. The second-order valence-corrected chi connectivity index (χ2v) is 4.03. The van der Waals surface area contributed by atoms with Gasteiger partial charge in [0.05, 0.1) is 5.69 Å². The van der Waals surface area contributed by atoms with E-state index in [4.69, 9.17) is 16.7 Å². The quantitative estimate of drug-likeness (QED) is 0.628. The van der Waals surface area contributed by atoms with Crippen molar-refractivity contribution in [2.45, 2.75) is 18.9 Å². The van der Waals surface area contributed by atoms with Crippen molar-refractivity contribution in [1.82, 2.24) is 4.98 Å². The van der Waals surface area contributed by atoms with Gasteiger partial charge in [-0.3, -0.25) is 0 Å². The van der Waals surface area contributed by atoms with Gasteiger partial charge in [-0.25, -0.2) is 9.78 Å². The van der Waals surface area contributed by atoms with E-state index >= 15 is 0 Å². The summed E-state index contributed by atoms with van der Waals surface area (Å²) < 4.78 is 0. The van der Waals surface area contributed by atoms with E-state index in [-0.39, 0.29) is 11.6 Å². The summed E-state index contributed by atoms with van der Waals surface area (Å²) in [5, 5.41) is 12.4. The van der Waals surface area contributed by atoms with Gasteiger partial charge in [0.25, 0.3) is 0 Å². The number of hydrogen-bond acceptors (Lipinski definition) is 3. The molecule has 1 aliphatic carbocycles. The van der Waals surface area contributed by atoms with Crippen LogP contribution in [-0.2, 0) is 0 Å². The first kappa shape index (κ1) is 11.0. The SMILES string of the molecule is O=C(O)c1cnc(Cl)cc1NC1CC=CC1. The molecule has 0 spiro atoms. The molecule has 5 heteroatoms. The molecule has 0 atom stereocenters. The molecule has 0 amide bonds. The number of carbonyl (C=O) groups is 1. The molecular weight excluding hydrogens is 228 g/mol. The Morgan fingerprint density at radius 3 is 2.81 bits per heavy atom. The van der Waals surface area contributed by atoms with E-state index in [1.165, 1.54) is 6.20 Å². The molecular formula is C11H11ClN2O2. The molecule has 1 aliphatic rings. The van der Waals surface area contributed by atoms with Gasteiger partial charge in [0.2, 0.25) is 0 Å². The fourth-order valence-electron chi connectivity index (χ4n) is 1.67. The highest BCUT2D eigenvalue weighted by Gasteiger charge is 2.16. The maximum Gasteiger partial charge on any atom is 0.339 e. The smallest absolute Gasteiger partial charge is 0.339 e. The van der Waals surface area contributed by atoms with Crippen LogP contribution in [0.15, 0.2) is 24.4 Å². The zero-order valence-electron chi connectivity index (χ0n) is 8.48. The minimum atomic E-state index is -1.00. The highest BCUT2D eigenvalue weighted by molar-refractivity contribution is 6.29. The number of aromatic carboxylic acids is 1. The van der Waals surface area contributed by atoms with E-state index in [1.54, 1.807) is 6.07 Å². The molecule has 0 saturated carbocycles. The number of halogens is 1. The lowest BCUT2D eigenvalue weighted by atomic mass is 10.2. The number of carboxylic acids is 1. The highest BCUT2D eigenvalue weighted by Crippen LogP contribution is 2.22. The molecule has 2 N–H and O–H groups in total. The summed E-state index contributed by atoms with van der Waals surface area (Å²) in [6, 6.07) is 1.79. The average Bonchev–Trinajstić information content (AvgIpc) is 2.70. The van der Waals surface area contributed by atoms with Crippen molar-refractivity contribution in [3.05, 3.63) is 35.1 Å². The third-order valence-corrected chi connectivity index (χ3v) is 2.68. The van der Waals surface area contributed by atoms with Gasteiger partial charge in [0, 0.05) is 12.2 Å². The van der Waals surface area contributed by atoms with E-state index in [9.17, 15) is 4.79 Å². The van der Waals surface area contributed by atoms with E-state index in [0.717, 1.165) is 12.8 Å². The average molecular weight is 239 g/mol. The number of rotatable bonds is 3. The van der Waals surface area contributed by atoms with Crippen molar-refractivity contribution in [3.63, 3.8) is 0 Å². The molecule has 4 nitrogen and oxygen atoms in total. The first-order valence-corrected chi connectivity index (χ1v) is 5.35. The van der Waals surface area contributed by atoms with Crippen molar-refractivity contribution in [2.24, 2.45) is 0 Å². The number of nitrogens with one attached hydrogen (secondary N) is 1. The molecule has 0 saturated heterocycles. The zero-order valence-corrected chi connectivity index (χ0v) is 9.24. The van der Waals surface area contributed by atoms with Crippen molar-refractivity contribution in [1.29, 1.82) is 0 Å². The first-order chi connectivity index (χ1) is 7.66. The monoisotopic (exact) mass is 238 g/mol. The van der Waals surface area contributed by atoms with Gasteiger partial charge in [0.15, 0.2) is 0 Å². The third kappa shape index (κ3) is 2.33. The Hall–Kier alpha value is -1.55. The molecule has 2 rings (SSSR count). The molecule has 0 radical (unpaired) electrons. The number of anilines is 1. The molecule has 0 unspecified atom stereocenters. The van der Waals surface area contributed by atoms with Crippen LogP contribution < -0.4 is 5.32 Å². The molecule has 1 aromatic heterocycles. The van der Waals surface area contributed by atoms with E-state index < -0.39 is 5.97 Å². The van der Waals surface area contributed by atoms with Crippen LogP contribution in [0.2, 0.25) is 5.15 Å². The predicted molar refractivity (Wildman–Crippen MR) is 62.0 cm³/mol. The van der Waals surface area contributed by atoms with Crippen LogP contribution in [0.4, 0.5) is 5.69 Å². The van der Waals surface area contributed by atoms with Gasteiger partial charge in [-0.15, -0.1) is 0 Å². The van der Waals surface area contributed by atoms with Crippen LogP contribution in [0.25, 0.3) is 0 Å². The predicted octanol–water partition coefficient (Wildman–Crippen LogP) is 2.56. The van der Waals surface area contributed by atoms with Crippen LogP contribution in [0.1, 0.15) is 23.2 Å². The zero-order chi connectivity index (χ0) is 11.5. The Morgan fingerprint density at radius 1 is 1.50 bits per heavy atom. The van der Waals surface area contributed by atoms with Gasteiger partial charge in [-0.2, -0.15) is 0 Å². The number of hydrogen-bond donors (Lipinski definition) is 2. The standard InChI is InChI=1S/C11H11ClN2O2/c12-10-5-9(8(6-13-10)11(15)16)14-7-3-1-2-4-7/h1-2,5-7H,3-4H2,(H,13,14)(H,15,16). The third-order valence-electron chi connectivity index (χ3n) is 2.47. The second-order valence-electron chi connectivity index (χ2n) is 3.64. The molecule has 0 aliphatic heterocycles. The lowest BCUT2D eigenvalue weighted by Gasteiger charge is -2.15. The minimum Gasteiger partial charge on any atom is -0.478 e. The van der Waals surface area contributed by atoms with Crippen LogP contribution >= 0.6 is 11.6 Å². The summed E-state index contributed by atoms with van der Waals surface area (Å²) in [4.78, 5) is 14.7. The fourth-order valence-corrected chi connectivity index (χ4v) is 1.83. The topological polar surface area (TPSA) is 62.2 Å². The number of aromatic nitrogens is 1. The van der Waals surface area contributed by atoms with E-state index in [1.807, 2.05) is 0 Å². The normalized spacial score (nSPS) is 15.3. The number of pyridine rings is 1. The van der Waals surface area contributed by atoms with Crippen molar-refractivity contribution < 1.29 is 9.90 Å².